The molecule has 144 valence electrons. The summed E-state index contributed by atoms with van der Waals surface area (Å²) >= 11 is 7.21. The van der Waals surface area contributed by atoms with Gasteiger partial charge in [0.05, 0.1) is 18.6 Å². The Bertz CT molecular complexity index is 1000. The highest BCUT2D eigenvalue weighted by atomic mass is 35.5. The maximum Gasteiger partial charge on any atom is 0.234 e. The quantitative estimate of drug-likeness (QED) is 0.549. The molecule has 8 heteroatoms. The van der Waals surface area contributed by atoms with Crippen molar-refractivity contribution in [2.45, 2.75) is 12.1 Å². The number of hydrogen-bond donors (Lipinski definition) is 2. The second-order valence-corrected chi connectivity index (χ2v) is 7.25. The molecule has 0 radical (unpaired) electrons. The average Bonchev–Trinajstić information content (AvgIpc) is 3.14. The van der Waals surface area contributed by atoms with Gasteiger partial charge in [-0.1, -0.05) is 53.7 Å². The van der Waals surface area contributed by atoms with E-state index in [1.165, 1.54) is 24.4 Å². The summed E-state index contributed by atoms with van der Waals surface area (Å²) in [5, 5.41) is 10.8. The lowest BCUT2D eigenvalue weighted by molar-refractivity contribution is -0.113. The number of methoxy groups -OCH3 is 1. The van der Waals surface area contributed by atoms with Crippen molar-refractivity contribution in [3.05, 3.63) is 64.4 Å². The summed E-state index contributed by atoms with van der Waals surface area (Å²) in [4.78, 5) is 16.6. The van der Waals surface area contributed by atoms with Gasteiger partial charge in [0, 0.05) is 5.02 Å². The minimum absolute atomic E-state index is 0.161. The Hall–Kier alpha value is -2.77. The number of nitrogens with one attached hydrogen (secondary N) is 2. The number of carbonyl (C=O) groups excluding carboxylic acids is 1. The summed E-state index contributed by atoms with van der Waals surface area (Å²) in [6.45, 7) is 2.05. The van der Waals surface area contributed by atoms with Crippen LogP contribution in [0.2, 0.25) is 5.02 Å². The number of nitrogens with zero attached hydrogens (tertiary/aromatic N) is 2. The van der Waals surface area contributed by atoms with Crippen molar-refractivity contribution < 1.29 is 9.53 Å². The zero-order valence-electron chi connectivity index (χ0n) is 15.4. The molecule has 0 fully saturated rings. The van der Waals surface area contributed by atoms with Gasteiger partial charge in [-0.15, -0.1) is 5.10 Å². The standard InChI is InChI=1S/C20H19ClN4O2S/c1-13-5-3-4-6-14(13)7-10-18-23-20(25-24-18)28-12-19(26)22-16-11-15(21)8-9-17(16)27-2/h3-11H,12H2,1-2H3,(H,22,26)(H,23,24,25)/b10-7+. The maximum absolute atomic E-state index is 12.2. The number of anilines is 1. The van der Waals surface area contributed by atoms with Gasteiger partial charge in [-0.05, 0) is 42.3 Å². The lowest BCUT2D eigenvalue weighted by Gasteiger charge is -2.09. The van der Waals surface area contributed by atoms with Crippen LogP contribution in [0.1, 0.15) is 17.0 Å². The molecule has 0 aliphatic heterocycles. The van der Waals surface area contributed by atoms with Crippen molar-refractivity contribution in [2.24, 2.45) is 0 Å². The fraction of sp³-hybridized carbons (Fsp3) is 0.150. The van der Waals surface area contributed by atoms with Crippen LogP contribution >= 0.6 is 23.4 Å². The number of aromatic nitrogens is 3. The van der Waals surface area contributed by atoms with E-state index in [1.54, 1.807) is 18.2 Å². The van der Waals surface area contributed by atoms with Gasteiger partial charge < -0.3 is 10.1 Å². The molecule has 1 amide bonds. The van der Waals surface area contributed by atoms with E-state index in [-0.39, 0.29) is 11.7 Å². The third kappa shape index (κ3) is 5.37. The summed E-state index contributed by atoms with van der Waals surface area (Å²) in [7, 11) is 1.53. The third-order valence-corrected chi connectivity index (χ3v) is 4.94. The van der Waals surface area contributed by atoms with E-state index in [0.717, 1.165) is 5.56 Å². The number of hydrogen-bond acceptors (Lipinski definition) is 5. The molecule has 1 aromatic heterocycles. The van der Waals surface area contributed by atoms with Crippen molar-refractivity contribution in [1.82, 2.24) is 15.2 Å². The van der Waals surface area contributed by atoms with Gasteiger partial charge >= 0.3 is 0 Å². The lowest BCUT2D eigenvalue weighted by atomic mass is 10.1. The predicted molar refractivity (Wildman–Crippen MR) is 114 cm³/mol. The Balaban J connectivity index is 1.56. The van der Waals surface area contributed by atoms with Crippen LogP contribution in [0.4, 0.5) is 5.69 Å². The van der Waals surface area contributed by atoms with Crippen LogP contribution in [0.3, 0.4) is 0 Å². The Morgan fingerprint density at radius 3 is 2.89 bits per heavy atom. The molecular weight excluding hydrogens is 396 g/mol. The molecule has 0 aliphatic rings. The topological polar surface area (TPSA) is 79.9 Å². The molecular formula is C20H19ClN4O2S. The van der Waals surface area contributed by atoms with Crippen molar-refractivity contribution in [3.63, 3.8) is 0 Å². The van der Waals surface area contributed by atoms with E-state index in [1.807, 2.05) is 30.4 Å². The van der Waals surface area contributed by atoms with Crippen LogP contribution in [0.25, 0.3) is 12.2 Å². The molecule has 0 bridgehead atoms. The van der Waals surface area contributed by atoms with Crippen LogP contribution in [-0.4, -0.2) is 34.0 Å². The third-order valence-electron chi connectivity index (χ3n) is 3.86. The molecule has 0 saturated heterocycles. The zero-order valence-corrected chi connectivity index (χ0v) is 17.0. The second kappa shape index (κ2) is 9.43. The average molecular weight is 415 g/mol. The van der Waals surface area contributed by atoms with E-state index < -0.39 is 0 Å². The van der Waals surface area contributed by atoms with Crippen LogP contribution in [0.15, 0.2) is 47.6 Å². The number of benzene rings is 2. The molecule has 3 aromatic rings. The zero-order chi connectivity index (χ0) is 19.9. The lowest BCUT2D eigenvalue weighted by Crippen LogP contribution is -2.14. The fourth-order valence-electron chi connectivity index (χ4n) is 2.43. The largest absolute Gasteiger partial charge is 0.495 e. The number of carbonyl (C=O) groups is 1. The van der Waals surface area contributed by atoms with Gasteiger partial charge in [0.2, 0.25) is 11.1 Å². The summed E-state index contributed by atoms with van der Waals surface area (Å²) in [5.74, 6) is 1.13. The van der Waals surface area contributed by atoms with E-state index >= 15 is 0 Å². The number of thioether (sulfide) groups is 1. The maximum atomic E-state index is 12.2. The molecule has 0 saturated carbocycles. The van der Waals surface area contributed by atoms with Crippen LogP contribution in [-0.2, 0) is 4.79 Å². The Labute approximate surface area is 172 Å². The van der Waals surface area contributed by atoms with Crippen molar-refractivity contribution in [2.75, 3.05) is 18.2 Å². The van der Waals surface area contributed by atoms with Gasteiger partial charge in [0.25, 0.3) is 0 Å². The first-order chi connectivity index (χ1) is 13.5. The number of rotatable bonds is 7. The predicted octanol–water partition coefficient (Wildman–Crippen LogP) is 4.68. The van der Waals surface area contributed by atoms with Crippen LogP contribution in [0, 0.1) is 6.92 Å². The number of ether oxygens (including phenoxy) is 1. The van der Waals surface area contributed by atoms with E-state index in [9.17, 15) is 4.79 Å². The molecule has 0 aliphatic carbocycles. The Morgan fingerprint density at radius 1 is 1.29 bits per heavy atom. The van der Waals surface area contributed by atoms with Crippen molar-refractivity contribution in [1.29, 1.82) is 0 Å². The van der Waals surface area contributed by atoms with Gasteiger partial charge in [0.1, 0.15) is 11.6 Å². The normalized spacial score (nSPS) is 11.0. The first-order valence-corrected chi connectivity index (χ1v) is 9.84. The highest BCUT2D eigenvalue weighted by Crippen LogP contribution is 2.28. The highest BCUT2D eigenvalue weighted by molar-refractivity contribution is 7.99. The Morgan fingerprint density at radius 2 is 2.11 bits per heavy atom. The van der Waals surface area contributed by atoms with Crippen molar-refractivity contribution in [3.8, 4) is 5.75 Å². The molecule has 0 spiro atoms. The van der Waals surface area contributed by atoms with Gasteiger partial charge in [-0.3, -0.25) is 9.89 Å². The Kier molecular flexibility index (Phi) is 6.73. The highest BCUT2D eigenvalue weighted by Gasteiger charge is 2.10. The van der Waals surface area contributed by atoms with Crippen LogP contribution in [0.5, 0.6) is 5.75 Å². The molecule has 1 heterocycles. The SMILES string of the molecule is COc1ccc(Cl)cc1NC(=O)CSc1n[nH]c(/C=C/c2ccccc2C)n1. The smallest absolute Gasteiger partial charge is 0.234 e. The number of halogens is 1. The summed E-state index contributed by atoms with van der Waals surface area (Å²) in [5.41, 5.74) is 2.82. The molecule has 0 atom stereocenters. The number of amides is 1. The molecule has 28 heavy (non-hydrogen) atoms. The molecule has 6 nitrogen and oxygen atoms in total. The first-order valence-electron chi connectivity index (χ1n) is 8.47. The summed E-state index contributed by atoms with van der Waals surface area (Å²) < 4.78 is 5.22. The minimum atomic E-state index is -0.202. The molecule has 0 unspecified atom stereocenters. The summed E-state index contributed by atoms with van der Waals surface area (Å²) in [6, 6.07) is 13.1. The van der Waals surface area contributed by atoms with E-state index in [0.29, 0.717) is 27.4 Å². The number of aryl methyl sites for hydroxylation is 1. The van der Waals surface area contributed by atoms with Crippen molar-refractivity contribution >= 4 is 47.1 Å². The van der Waals surface area contributed by atoms with Gasteiger partial charge in [-0.2, -0.15) is 0 Å². The molecule has 2 aromatic carbocycles. The number of aromatic amines is 1. The first kappa shape index (κ1) is 20.0. The molecule has 3 rings (SSSR count). The summed E-state index contributed by atoms with van der Waals surface area (Å²) in [6.07, 6.45) is 3.83. The van der Waals surface area contributed by atoms with Gasteiger partial charge in [0.15, 0.2) is 0 Å². The monoisotopic (exact) mass is 414 g/mol. The van der Waals surface area contributed by atoms with E-state index in [2.05, 4.69) is 33.5 Å². The number of H-pyrrole nitrogens is 1. The van der Waals surface area contributed by atoms with E-state index in [4.69, 9.17) is 16.3 Å². The molecule has 2 N–H and O–H groups in total. The second-order valence-electron chi connectivity index (χ2n) is 5.87. The minimum Gasteiger partial charge on any atom is -0.495 e. The van der Waals surface area contributed by atoms with Crippen LogP contribution < -0.4 is 10.1 Å². The van der Waals surface area contributed by atoms with Gasteiger partial charge in [-0.25, -0.2) is 4.98 Å². The fourth-order valence-corrected chi connectivity index (χ4v) is 3.21.